The molecule has 0 spiro atoms. The Balaban J connectivity index is 2.29. The van der Waals surface area contributed by atoms with Gasteiger partial charge in [0.15, 0.2) is 6.10 Å². The SMILES string of the molecule is CC(Oc1cnc2ccccc2c1)C(=O)O. The lowest BCUT2D eigenvalue weighted by Crippen LogP contribution is -2.22. The summed E-state index contributed by atoms with van der Waals surface area (Å²) in [5.41, 5.74) is 0.859. The number of aromatic nitrogens is 1. The van der Waals surface area contributed by atoms with E-state index in [0.29, 0.717) is 5.75 Å². The second kappa shape index (κ2) is 4.18. The Bertz CT molecular complexity index is 524. The molecular weight excluding hydrogens is 206 g/mol. The minimum Gasteiger partial charge on any atom is -0.479 e. The molecule has 1 aromatic carbocycles. The van der Waals surface area contributed by atoms with Gasteiger partial charge in [-0.1, -0.05) is 18.2 Å². The molecule has 2 aromatic rings. The third-order valence-electron chi connectivity index (χ3n) is 2.23. The molecule has 2 rings (SSSR count). The van der Waals surface area contributed by atoms with E-state index >= 15 is 0 Å². The second-order valence-corrected chi connectivity index (χ2v) is 3.46. The number of fused-ring (bicyclic) bond motifs is 1. The normalized spacial score (nSPS) is 12.3. The van der Waals surface area contributed by atoms with Gasteiger partial charge in [0.1, 0.15) is 5.75 Å². The predicted octanol–water partition coefficient (Wildman–Crippen LogP) is 2.09. The van der Waals surface area contributed by atoms with Crippen LogP contribution in [0, 0.1) is 0 Å². The highest BCUT2D eigenvalue weighted by molar-refractivity contribution is 5.79. The average molecular weight is 217 g/mol. The van der Waals surface area contributed by atoms with Crippen LogP contribution >= 0.6 is 0 Å². The summed E-state index contributed by atoms with van der Waals surface area (Å²) in [6.45, 7) is 1.48. The van der Waals surface area contributed by atoms with Crippen molar-refractivity contribution < 1.29 is 14.6 Å². The van der Waals surface area contributed by atoms with Crippen LogP contribution in [-0.4, -0.2) is 22.2 Å². The van der Waals surface area contributed by atoms with E-state index in [1.165, 1.54) is 13.1 Å². The number of hydrogen-bond acceptors (Lipinski definition) is 3. The van der Waals surface area contributed by atoms with Gasteiger partial charge in [-0.2, -0.15) is 0 Å². The number of carbonyl (C=O) groups is 1. The lowest BCUT2D eigenvalue weighted by atomic mass is 10.2. The lowest BCUT2D eigenvalue weighted by Gasteiger charge is -2.10. The number of rotatable bonds is 3. The van der Waals surface area contributed by atoms with E-state index in [1.807, 2.05) is 24.3 Å². The van der Waals surface area contributed by atoms with Crippen LogP contribution < -0.4 is 4.74 Å². The van der Waals surface area contributed by atoms with Crippen molar-refractivity contribution in [3.63, 3.8) is 0 Å². The molecule has 16 heavy (non-hydrogen) atoms. The van der Waals surface area contributed by atoms with Crippen LogP contribution in [0.25, 0.3) is 10.9 Å². The number of carboxylic acids is 1. The molecule has 1 heterocycles. The molecule has 0 saturated heterocycles. The summed E-state index contributed by atoms with van der Waals surface area (Å²) in [5, 5.41) is 9.64. The number of hydrogen-bond donors (Lipinski definition) is 1. The molecule has 0 bridgehead atoms. The molecule has 0 fully saturated rings. The smallest absolute Gasteiger partial charge is 0.344 e. The number of carboxylic acid groups (broad SMARTS) is 1. The molecule has 82 valence electrons. The molecule has 0 radical (unpaired) electrons. The van der Waals surface area contributed by atoms with Gasteiger partial charge in [0, 0.05) is 5.39 Å². The van der Waals surface area contributed by atoms with Gasteiger partial charge in [-0.05, 0) is 19.1 Å². The fourth-order valence-corrected chi connectivity index (χ4v) is 1.37. The topological polar surface area (TPSA) is 59.4 Å². The summed E-state index contributed by atoms with van der Waals surface area (Å²) >= 11 is 0. The number of nitrogens with zero attached hydrogens (tertiary/aromatic N) is 1. The maximum absolute atomic E-state index is 10.6. The predicted molar refractivity (Wildman–Crippen MR) is 59.5 cm³/mol. The van der Waals surface area contributed by atoms with Crippen molar-refractivity contribution in [3.8, 4) is 5.75 Å². The standard InChI is InChI=1S/C12H11NO3/c1-8(12(14)15)16-10-6-9-4-2-3-5-11(9)13-7-10/h2-8H,1H3,(H,14,15). The zero-order valence-electron chi connectivity index (χ0n) is 8.75. The van der Waals surface area contributed by atoms with Crippen LogP contribution in [-0.2, 0) is 4.79 Å². The van der Waals surface area contributed by atoms with E-state index in [0.717, 1.165) is 10.9 Å². The first-order valence-electron chi connectivity index (χ1n) is 4.91. The Labute approximate surface area is 92.5 Å². The fourth-order valence-electron chi connectivity index (χ4n) is 1.37. The monoisotopic (exact) mass is 217 g/mol. The third-order valence-corrected chi connectivity index (χ3v) is 2.23. The van der Waals surface area contributed by atoms with E-state index in [-0.39, 0.29) is 0 Å². The largest absolute Gasteiger partial charge is 0.479 e. The second-order valence-electron chi connectivity index (χ2n) is 3.46. The van der Waals surface area contributed by atoms with Crippen LogP contribution in [0.4, 0.5) is 0 Å². The van der Waals surface area contributed by atoms with Gasteiger partial charge in [-0.15, -0.1) is 0 Å². The van der Waals surface area contributed by atoms with E-state index in [4.69, 9.17) is 9.84 Å². The Kier molecular flexibility index (Phi) is 2.72. The van der Waals surface area contributed by atoms with Crippen molar-refractivity contribution in [1.29, 1.82) is 0 Å². The maximum atomic E-state index is 10.6. The quantitative estimate of drug-likeness (QED) is 0.855. The van der Waals surface area contributed by atoms with Crippen molar-refractivity contribution >= 4 is 16.9 Å². The lowest BCUT2D eigenvalue weighted by molar-refractivity contribution is -0.144. The van der Waals surface area contributed by atoms with E-state index in [9.17, 15) is 4.79 Å². The highest BCUT2D eigenvalue weighted by Gasteiger charge is 2.12. The first-order chi connectivity index (χ1) is 7.66. The number of aliphatic carboxylic acids is 1. The molecule has 4 heteroatoms. The van der Waals surface area contributed by atoms with Gasteiger partial charge in [0.2, 0.25) is 0 Å². The summed E-state index contributed by atoms with van der Waals surface area (Å²) in [6.07, 6.45) is 0.657. The first-order valence-corrected chi connectivity index (χ1v) is 4.91. The van der Waals surface area contributed by atoms with Crippen molar-refractivity contribution in [2.75, 3.05) is 0 Å². The maximum Gasteiger partial charge on any atom is 0.344 e. The zero-order valence-corrected chi connectivity index (χ0v) is 8.75. The highest BCUT2D eigenvalue weighted by atomic mass is 16.5. The molecule has 1 unspecified atom stereocenters. The molecule has 0 aliphatic rings. The summed E-state index contributed by atoms with van der Waals surface area (Å²) < 4.78 is 5.22. The van der Waals surface area contributed by atoms with Crippen LogP contribution in [0.1, 0.15) is 6.92 Å². The van der Waals surface area contributed by atoms with Crippen LogP contribution in [0.2, 0.25) is 0 Å². The third kappa shape index (κ3) is 2.11. The number of ether oxygens (including phenoxy) is 1. The molecule has 1 N–H and O–H groups in total. The van der Waals surface area contributed by atoms with Crippen LogP contribution in [0.3, 0.4) is 0 Å². The van der Waals surface area contributed by atoms with Crippen LogP contribution in [0.5, 0.6) is 5.75 Å². The highest BCUT2D eigenvalue weighted by Crippen LogP contribution is 2.18. The van der Waals surface area contributed by atoms with Crippen molar-refractivity contribution in [2.24, 2.45) is 0 Å². The zero-order chi connectivity index (χ0) is 11.5. The molecule has 0 aliphatic carbocycles. The Hall–Kier alpha value is -2.10. The molecular formula is C12H11NO3. The van der Waals surface area contributed by atoms with Gasteiger partial charge < -0.3 is 9.84 Å². The van der Waals surface area contributed by atoms with Gasteiger partial charge in [-0.25, -0.2) is 4.79 Å². The number of para-hydroxylation sites is 1. The fraction of sp³-hybridized carbons (Fsp3) is 0.167. The Morgan fingerprint density at radius 3 is 2.94 bits per heavy atom. The summed E-state index contributed by atoms with van der Waals surface area (Å²) in [4.78, 5) is 14.8. The van der Waals surface area contributed by atoms with Gasteiger partial charge in [-0.3, -0.25) is 4.98 Å². The van der Waals surface area contributed by atoms with Crippen molar-refractivity contribution in [2.45, 2.75) is 13.0 Å². The van der Waals surface area contributed by atoms with E-state index in [1.54, 1.807) is 6.07 Å². The van der Waals surface area contributed by atoms with E-state index in [2.05, 4.69) is 4.98 Å². The van der Waals surface area contributed by atoms with Gasteiger partial charge >= 0.3 is 5.97 Å². The van der Waals surface area contributed by atoms with E-state index < -0.39 is 12.1 Å². The molecule has 0 aliphatic heterocycles. The number of pyridine rings is 1. The summed E-state index contributed by atoms with van der Waals surface area (Å²) in [5.74, 6) is -0.526. The number of benzene rings is 1. The Morgan fingerprint density at radius 1 is 1.44 bits per heavy atom. The van der Waals surface area contributed by atoms with Crippen molar-refractivity contribution in [1.82, 2.24) is 4.98 Å². The average Bonchev–Trinajstić information content (AvgIpc) is 2.28. The summed E-state index contributed by atoms with van der Waals surface area (Å²) in [7, 11) is 0. The first kappa shape index (κ1) is 10.4. The Morgan fingerprint density at radius 2 is 2.19 bits per heavy atom. The van der Waals surface area contributed by atoms with Crippen LogP contribution in [0.15, 0.2) is 36.5 Å². The minimum atomic E-state index is -0.992. The molecule has 1 atom stereocenters. The van der Waals surface area contributed by atoms with Gasteiger partial charge in [0.05, 0.1) is 11.7 Å². The molecule has 0 saturated carbocycles. The summed E-state index contributed by atoms with van der Waals surface area (Å²) in [6, 6.07) is 9.37. The minimum absolute atomic E-state index is 0.466. The van der Waals surface area contributed by atoms with Gasteiger partial charge in [0.25, 0.3) is 0 Å². The molecule has 4 nitrogen and oxygen atoms in total. The molecule has 1 aromatic heterocycles. The van der Waals surface area contributed by atoms with Crippen molar-refractivity contribution in [3.05, 3.63) is 36.5 Å². The molecule has 0 amide bonds.